The molecule has 1 amide bonds. The topological polar surface area (TPSA) is 91.8 Å². The van der Waals surface area contributed by atoms with E-state index in [1.807, 2.05) is 12.1 Å². The molecule has 3 heterocycles. The van der Waals surface area contributed by atoms with E-state index in [0.717, 1.165) is 30.4 Å². The SMILES string of the molecule is CC1CCN(c2ccc(CNC(=O)c3ccccc3S(=O)(=O)N3CCOCC3)cn2)CC1. The number of carbonyl (C=O) groups excluding carboxylic acids is 1. The van der Waals surface area contributed by atoms with Gasteiger partial charge in [0.2, 0.25) is 10.0 Å². The minimum absolute atomic E-state index is 0.0206. The van der Waals surface area contributed by atoms with Gasteiger partial charge in [0.05, 0.1) is 23.7 Å². The van der Waals surface area contributed by atoms with Crippen molar-refractivity contribution < 1.29 is 17.9 Å². The molecule has 32 heavy (non-hydrogen) atoms. The van der Waals surface area contributed by atoms with Gasteiger partial charge in [-0.2, -0.15) is 4.31 Å². The van der Waals surface area contributed by atoms with Gasteiger partial charge in [-0.3, -0.25) is 4.79 Å². The zero-order valence-electron chi connectivity index (χ0n) is 18.4. The fourth-order valence-corrected chi connectivity index (χ4v) is 5.63. The zero-order chi connectivity index (χ0) is 22.6. The summed E-state index contributed by atoms with van der Waals surface area (Å²) in [5.41, 5.74) is 1.01. The van der Waals surface area contributed by atoms with Gasteiger partial charge in [0.15, 0.2) is 0 Å². The van der Waals surface area contributed by atoms with Crippen molar-refractivity contribution in [3.63, 3.8) is 0 Å². The summed E-state index contributed by atoms with van der Waals surface area (Å²) >= 11 is 0. The number of benzene rings is 1. The average Bonchev–Trinajstić information content (AvgIpc) is 2.84. The maximum Gasteiger partial charge on any atom is 0.252 e. The predicted molar refractivity (Wildman–Crippen MR) is 122 cm³/mol. The summed E-state index contributed by atoms with van der Waals surface area (Å²) in [7, 11) is -3.77. The molecule has 8 nitrogen and oxygen atoms in total. The Labute approximate surface area is 189 Å². The van der Waals surface area contributed by atoms with Crippen LogP contribution in [-0.4, -0.2) is 63.0 Å². The molecule has 1 N–H and O–H groups in total. The molecule has 1 aromatic heterocycles. The zero-order valence-corrected chi connectivity index (χ0v) is 19.2. The van der Waals surface area contributed by atoms with E-state index in [2.05, 4.69) is 22.1 Å². The Morgan fingerprint density at radius 1 is 1.09 bits per heavy atom. The summed E-state index contributed by atoms with van der Waals surface area (Å²) in [5.74, 6) is 1.29. The maximum atomic E-state index is 13.1. The summed E-state index contributed by atoms with van der Waals surface area (Å²) in [6.45, 7) is 5.85. The van der Waals surface area contributed by atoms with Crippen LogP contribution in [0, 0.1) is 5.92 Å². The summed E-state index contributed by atoms with van der Waals surface area (Å²) in [6, 6.07) is 10.3. The molecular weight excluding hydrogens is 428 g/mol. The number of pyridine rings is 1. The molecule has 172 valence electrons. The third kappa shape index (κ3) is 5.11. The molecule has 0 atom stereocenters. The van der Waals surface area contributed by atoms with Crippen LogP contribution in [0.1, 0.15) is 35.7 Å². The lowest BCUT2D eigenvalue weighted by Gasteiger charge is -2.31. The van der Waals surface area contributed by atoms with E-state index >= 15 is 0 Å². The molecule has 0 saturated carbocycles. The summed E-state index contributed by atoms with van der Waals surface area (Å²) < 4.78 is 32.8. The molecule has 0 spiro atoms. The molecule has 0 radical (unpaired) electrons. The van der Waals surface area contributed by atoms with Crippen molar-refractivity contribution in [1.82, 2.24) is 14.6 Å². The molecular formula is C23H30N4O4S. The van der Waals surface area contributed by atoms with Crippen LogP contribution in [0.4, 0.5) is 5.82 Å². The Morgan fingerprint density at radius 3 is 2.50 bits per heavy atom. The molecule has 1 aromatic carbocycles. The molecule has 2 aliphatic rings. The lowest BCUT2D eigenvalue weighted by Crippen LogP contribution is -2.41. The maximum absolute atomic E-state index is 13.1. The van der Waals surface area contributed by atoms with Crippen LogP contribution in [0.3, 0.4) is 0 Å². The van der Waals surface area contributed by atoms with Gasteiger partial charge in [0.25, 0.3) is 5.91 Å². The number of rotatable bonds is 6. The van der Waals surface area contributed by atoms with E-state index in [1.165, 1.54) is 23.2 Å². The molecule has 4 rings (SSSR count). The Morgan fingerprint density at radius 2 is 1.81 bits per heavy atom. The van der Waals surface area contributed by atoms with Gasteiger partial charge >= 0.3 is 0 Å². The minimum atomic E-state index is -3.77. The van der Waals surface area contributed by atoms with Gasteiger partial charge in [-0.25, -0.2) is 13.4 Å². The number of sulfonamides is 1. The number of nitrogens with one attached hydrogen (secondary N) is 1. The van der Waals surface area contributed by atoms with Crippen LogP contribution in [-0.2, 0) is 21.3 Å². The highest BCUT2D eigenvalue weighted by Gasteiger charge is 2.30. The second-order valence-corrected chi connectivity index (χ2v) is 10.3. The highest BCUT2D eigenvalue weighted by molar-refractivity contribution is 7.89. The van der Waals surface area contributed by atoms with Crippen LogP contribution in [0.15, 0.2) is 47.5 Å². The van der Waals surface area contributed by atoms with Crippen LogP contribution in [0.25, 0.3) is 0 Å². The van der Waals surface area contributed by atoms with E-state index in [9.17, 15) is 13.2 Å². The largest absolute Gasteiger partial charge is 0.379 e. The van der Waals surface area contributed by atoms with E-state index in [-0.39, 0.29) is 30.1 Å². The number of morpholine rings is 1. The van der Waals surface area contributed by atoms with Crippen molar-refractivity contribution in [2.24, 2.45) is 5.92 Å². The number of piperidine rings is 1. The first-order valence-corrected chi connectivity index (χ1v) is 12.5. The summed E-state index contributed by atoms with van der Waals surface area (Å²) in [4.78, 5) is 19.7. The fourth-order valence-electron chi connectivity index (χ4n) is 4.03. The lowest BCUT2D eigenvalue weighted by molar-refractivity contribution is 0.0730. The normalized spacial score (nSPS) is 18.5. The van der Waals surface area contributed by atoms with Gasteiger partial charge in [0, 0.05) is 38.9 Å². The standard InChI is InChI=1S/C23H30N4O4S/c1-18-8-10-26(11-9-18)22-7-6-19(16-24-22)17-25-23(28)20-4-2-3-5-21(20)32(29,30)27-12-14-31-15-13-27/h2-7,16,18H,8-15,17H2,1H3,(H,25,28). The third-order valence-electron chi connectivity index (χ3n) is 6.09. The van der Waals surface area contributed by atoms with E-state index in [0.29, 0.717) is 13.2 Å². The monoisotopic (exact) mass is 458 g/mol. The van der Waals surface area contributed by atoms with Gasteiger partial charge < -0.3 is 15.0 Å². The van der Waals surface area contributed by atoms with Crippen molar-refractivity contribution in [2.45, 2.75) is 31.2 Å². The highest BCUT2D eigenvalue weighted by Crippen LogP contribution is 2.23. The number of nitrogens with zero attached hydrogens (tertiary/aromatic N) is 3. The molecule has 2 aromatic rings. The minimum Gasteiger partial charge on any atom is -0.379 e. The molecule has 0 bridgehead atoms. The number of anilines is 1. The number of carbonyl (C=O) groups is 1. The Kier molecular flexibility index (Phi) is 7.07. The second-order valence-electron chi connectivity index (χ2n) is 8.39. The summed E-state index contributed by atoms with van der Waals surface area (Å²) in [5, 5.41) is 2.84. The van der Waals surface area contributed by atoms with E-state index in [1.54, 1.807) is 24.4 Å². The number of aromatic nitrogens is 1. The highest BCUT2D eigenvalue weighted by atomic mass is 32.2. The number of hydrogen-bond donors (Lipinski definition) is 1. The van der Waals surface area contributed by atoms with Crippen molar-refractivity contribution in [1.29, 1.82) is 0 Å². The van der Waals surface area contributed by atoms with Gasteiger partial charge in [0.1, 0.15) is 5.82 Å². The first-order chi connectivity index (χ1) is 15.4. The predicted octanol–water partition coefficient (Wildman–Crippen LogP) is 2.27. The van der Waals surface area contributed by atoms with Crippen molar-refractivity contribution in [2.75, 3.05) is 44.3 Å². The molecule has 0 unspecified atom stereocenters. The smallest absolute Gasteiger partial charge is 0.252 e. The molecule has 2 aliphatic heterocycles. The second kappa shape index (κ2) is 9.97. The number of amides is 1. The third-order valence-corrected chi connectivity index (χ3v) is 8.05. The van der Waals surface area contributed by atoms with E-state index < -0.39 is 15.9 Å². The quantitative estimate of drug-likeness (QED) is 0.714. The Bertz CT molecular complexity index is 1030. The van der Waals surface area contributed by atoms with Crippen molar-refractivity contribution in [3.8, 4) is 0 Å². The Hall–Kier alpha value is -2.49. The van der Waals surface area contributed by atoms with Crippen LogP contribution < -0.4 is 10.2 Å². The molecule has 0 aliphatic carbocycles. The number of hydrogen-bond acceptors (Lipinski definition) is 6. The fraction of sp³-hybridized carbons (Fsp3) is 0.478. The number of ether oxygens (including phenoxy) is 1. The van der Waals surface area contributed by atoms with Gasteiger partial charge in [-0.15, -0.1) is 0 Å². The first-order valence-electron chi connectivity index (χ1n) is 11.1. The van der Waals surface area contributed by atoms with Crippen LogP contribution in [0.2, 0.25) is 0 Å². The summed E-state index contributed by atoms with van der Waals surface area (Å²) in [6.07, 6.45) is 4.11. The van der Waals surface area contributed by atoms with Gasteiger partial charge in [-0.1, -0.05) is 25.1 Å². The van der Waals surface area contributed by atoms with Crippen molar-refractivity contribution >= 4 is 21.7 Å². The first kappa shape index (κ1) is 22.7. The Balaban J connectivity index is 1.41. The lowest BCUT2D eigenvalue weighted by atomic mass is 9.99. The average molecular weight is 459 g/mol. The van der Waals surface area contributed by atoms with Crippen molar-refractivity contribution in [3.05, 3.63) is 53.7 Å². The molecule has 9 heteroatoms. The van der Waals surface area contributed by atoms with Gasteiger partial charge in [-0.05, 0) is 42.5 Å². The molecule has 2 fully saturated rings. The molecule has 2 saturated heterocycles. The van der Waals surface area contributed by atoms with E-state index in [4.69, 9.17) is 4.74 Å². The van der Waals surface area contributed by atoms with Crippen LogP contribution in [0.5, 0.6) is 0 Å². The van der Waals surface area contributed by atoms with Crippen LogP contribution >= 0.6 is 0 Å².